The molecule has 1 amide bonds. The van der Waals surface area contributed by atoms with Gasteiger partial charge in [0.2, 0.25) is 0 Å². The number of ether oxygens (including phenoxy) is 2. The van der Waals surface area contributed by atoms with Gasteiger partial charge in [0.1, 0.15) is 12.4 Å². The van der Waals surface area contributed by atoms with E-state index >= 15 is 0 Å². The van der Waals surface area contributed by atoms with Crippen molar-refractivity contribution in [3.8, 4) is 5.75 Å². The van der Waals surface area contributed by atoms with Crippen molar-refractivity contribution in [2.24, 2.45) is 5.92 Å². The van der Waals surface area contributed by atoms with Gasteiger partial charge in [-0.3, -0.25) is 4.79 Å². The van der Waals surface area contributed by atoms with E-state index in [4.69, 9.17) is 9.47 Å². The van der Waals surface area contributed by atoms with Gasteiger partial charge in [-0.05, 0) is 61.9 Å². The van der Waals surface area contributed by atoms with E-state index in [1.54, 1.807) is 0 Å². The summed E-state index contributed by atoms with van der Waals surface area (Å²) in [6.45, 7) is -1.16. The lowest BCUT2D eigenvalue weighted by molar-refractivity contribution is -0.153. The Morgan fingerprint density at radius 1 is 0.939 bits per heavy atom. The van der Waals surface area contributed by atoms with Gasteiger partial charge in [0.25, 0.3) is 0 Å². The largest absolute Gasteiger partial charge is 0.484 e. The van der Waals surface area contributed by atoms with Crippen molar-refractivity contribution in [2.45, 2.75) is 57.0 Å². The van der Waals surface area contributed by atoms with Crippen LogP contribution < -0.4 is 4.74 Å². The monoisotopic (exact) mass is 461 g/mol. The van der Waals surface area contributed by atoms with Crippen molar-refractivity contribution in [3.05, 3.63) is 65.7 Å². The normalized spacial score (nSPS) is 22.5. The molecule has 0 aliphatic carbocycles. The summed E-state index contributed by atoms with van der Waals surface area (Å²) in [5.74, 6) is -0.219. The Labute approximate surface area is 190 Å². The van der Waals surface area contributed by atoms with E-state index in [1.165, 1.54) is 24.3 Å². The number of halogens is 3. The first kappa shape index (κ1) is 23.1. The zero-order chi connectivity index (χ0) is 23.4. The second-order valence-corrected chi connectivity index (χ2v) is 8.65. The zero-order valence-corrected chi connectivity index (χ0v) is 18.1. The zero-order valence-electron chi connectivity index (χ0n) is 18.1. The number of hydrogen-bond donors (Lipinski definition) is 0. The van der Waals surface area contributed by atoms with Gasteiger partial charge in [-0.2, -0.15) is 13.2 Å². The second kappa shape index (κ2) is 9.85. The quantitative estimate of drug-likeness (QED) is 0.512. The fourth-order valence-corrected chi connectivity index (χ4v) is 4.80. The van der Waals surface area contributed by atoms with Gasteiger partial charge in [-0.1, -0.05) is 30.3 Å². The Balaban J connectivity index is 1.36. The van der Waals surface area contributed by atoms with Crippen molar-refractivity contribution in [2.75, 3.05) is 6.61 Å². The van der Waals surface area contributed by atoms with Crippen LogP contribution in [0.5, 0.6) is 5.75 Å². The summed E-state index contributed by atoms with van der Waals surface area (Å²) in [5, 5.41) is 0. The molecule has 2 aliphatic heterocycles. The SMILES string of the molecule is O=C(c1ccc(OCC(F)(F)F)cc1)C1CC2CCCC(C1)N2C(=O)OCc1ccccc1. The third-order valence-electron chi connectivity index (χ3n) is 6.30. The molecule has 5 nitrogen and oxygen atoms in total. The van der Waals surface area contributed by atoms with Crippen LogP contribution in [0.25, 0.3) is 0 Å². The number of Topliss-reactive ketones (excluding diaryl/α,β-unsaturated/α-hetero) is 1. The number of alkyl halides is 3. The molecule has 2 fully saturated rings. The summed E-state index contributed by atoms with van der Waals surface area (Å²) < 4.78 is 47.2. The lowest BCUT2D eigenvalue weighted by atomic mass is 9.76. The van der Waals surface area contributed by atoms with Crippen LogP contribution in [-0.2, 0) is 11.3 Å². The minimum Gasteiger partial charge on any atom is -0.484 e. The maximum atomic E-state index is 13.1. The molecule has 176 valence electrons. The number of hydrogen-bond acceptors (Lipinski definition) is 4. The molecule has 0 saturated carbocycles. The van der Waals surface area contributed by atoms with Crippen molar-refractivity contribution >= 4 is 11.9 Å². The van der Waals surface area contributed by atoms with E-state index in [0.29, 0.717) is 18.4 Å². The smallest absolute Gasteiger partial charge is 0.422 e. The molecule has 2 aliphatic rings. The number of fused-ring (bicyclic) bond motifs is 2. The van der Waals surface area contributed by atoms with Crippen LogP contribution in [0.1, 0.15) is 48.0 Å². The van der Waals surface area contributed by atoms with Crippen LogP contribution in [-0.4, -0.2) is 41.6 Å². The standard InChI is InChI=1S/C25H26F3NO4/c26-25(27,28)16-33-22-11-9-18(10-12-22)23(30)19-13-20-7-4-8-21(14-19)29(20)24(31)32-15-17-5-2-1-3-6-17/h1-3,5-6,9-12,19-21H,4,7-8,13-16H2. The highest BCUT2D eigenvalue weighted by atomic mass is 19.4. The first-order valence-electron chi connectivity index (χ1n) is 11.1. The molecule has 8 heteroatoms. The van der Waals surface area contributed by atoms with Crippen LogP contribution >= 0.6 is 0 Å². The molecule has 2 heterocycles. The number of carbonyl (C=O) groups is 2. The Bertz CT molecular complexity index is 948. The van der Waals surface area contributed by atoms with Crippen LogP contribution in [0, 0.1) is 5.92 Å². The Kier molecular flexibility index (Phi) is 6.91. The van der Waals surface area contributed by atoms with Gasteiger partial charge in [-0.15, -0.1) is 0 Å². The van der Waals surface area contributed by atoms with E-state index < -0.39 is 12.8 Å². The number of carbonyl (C=O) groups excluding carboxylic acids is 2. The molecule has 0 aromatic heterocycles. The molecule has 2 aromatic rings. The fourth-order valence-electron chi connectivity index (χ4n) is 4.80. The van der Waals surface area contributed by atoms with Crippen molar-refractivity contribution < 1.29 is 32.2 Å². The molecule has 2 aromatic carbocycles. The van der Waals surface area contributed by atoms with Gasteiger partial charge in [-0.25, -0.2) is 4.79 Å². The number of nitrogens with zero attached hydrogens (tertiary/aromatic N) is 1. The van der Waals surface area contributed by atoms with Gasteiger partial charge in [0.15, 0.2) is 12.4 Å². The fraction of sp³-hybridized carbons (Fsp3) is 0.440. The summed E-state index contributed by atoms with van der Waals surface area (Å²) >= 11 is 0. The highest BCUT2D eigenvalue weighted by molar-refractivity contribution is 5.98. The molecule has 2 unspecified atom stereocenters. The average Bonchev–Trinajstić information content (AvgIpc) is 2.80. The van der Waals surface area contributed by atoms with E-state index in [0.717, 1.165) is 24.8 Å². The first-order chi connectivity index (χ1) is 15.8. The predicted octanol–water partition coefficient (Wildman–Crippen LogP) is 5.78. The molecule has 33 heavy (non-hydrogen) atoms. The minimum absolute atomic E-state index is 0.0495. The van der Waals surface area contributed by atoms with Crippen molar-refractivity contribution in [3.63, 3.8) is 0 Å². The highest BCUT2D eigenvalue weighted by Gasteiger charge is 2.43. The molecule has 2 saturated heterocycles. The van der Waals surface area contributed by atoms with Crippen LogP contribution in [0.15, 0.2) is 54.6 Å². The number of piperidine rings is 2. The lowest BCUT2D eigenvalue weighted by Gasteiger charge is -2.47. The number of ketones is 1. The van der Waals surface area contributed by atoms with Gasteiger partial charge in [0, 0.05) is 23.6 Å². The van der Waals surface area contributed by atoms with Crippen molar-refractivity contribution in [1.82, 2.24) is 4.90 Å². The first-order valence-corrected chi connectivity index (χ1v) is 11.1. The Morgan fingerprint density at radius 3 is 2.18 bits per heavy atom. The van der Waals surface area contributed by atoms with E-state index in [9.17, 15) is 22.8 Å². The number of rotatable bonds is 6. The summed E-state index contributed by atoms with van der Waals surface area (Å²) in [6, 6.07) is 15.2. The van der Waals surface area contributed by atoms with Gasteiger partial charge >= 0.3 is 12.3 Å². The third-order valence-corrected chi connectivity index (χ3v) is 6.30. The number of benzene rings is 2. The molecule has 0 radical (unpaired) electrons. The van der Waals surface area contributed by atoms with Crippen LogP contribution in [0.3, 0.4) is 0 Å². The van der Waals surface area contributed by atoms with Crippen LogP contribution in [0.2, 0.25) is 0 Å². The molecule has 0 spiro atoms. The molecular formula is C25H26F3NO4. The summed E-state index contributed by atoms with van der Waals surface area (Å²) in [4.78, 5) is 27.7. The van der Waals surface area contributed by atoms with Crippen molar-refractivity contribution in [1.29, 1.82) is 0 Å². The molecule has 2 atom stereocenters. The molecule has 0 N–H and O–H groups in total. The highest BCUT2D eigenvalue weighted by Crippen LogP contribution is 2.39. The summed E-state index contributed by atoms with van der Waals surface area (Å²) in [7, 11) is 0. The maximum Gasteiger partial charge on any atom is 0.422 e. The Morgan fingerprint density at radius 2 is 1.58 bits per heavy atom. The minimum atomic E-state index is -4.41. The molecule has 4 rings (SSSR count). The molecule has 2 bridgehead atoms. The van der Waals surface area contributed by atoms with Gasteiger partial charge in [0.05, 0.1) is 0 Å². The maximum absolute atomic E-state index is 13.1. The second-order valence-electron chi connectivity index (χ2n) is 8.65. The van der Waals surface area contributed by atoms with E-state index in [1.807, 2.05) is 35.2 Å². The van der Waals surface area contributed by atoms with E-state index in [-0.39, 0.29) is 42.2 Å². The predicted molar refractivity (Wildman–Crippen MR) is 115 cm³/mol. The lowest BCUT2D eigenvalue weighted by Crippen LogP contribution is -2.55. The molecular weight excluding hydrogens is 435 g/mol. The third kappa shape index (κ3) is 5.86. The van der Waals surface area contributed by atoms with Crippen LogP contribution in [0.4, 0.5) is 18.0 Å². The topological polar surface area (TPSA) is 55.8 Å². The Hall–Kier alpha value is -3.03. The van der Waals surface area contributed by atoms with E-state index in [2.05, 4.69) is 0 Å². The summed E-state index contributed by atoms with van der Waals surface area (Å²) in [5.41, 5.74) is 1.36. The summed E-state index contributed by atoms with van der Waals surface area (Å²) in [6.07, 6.45) is -0.988. The number of amides is 1. The van der Waals surface area contributed by atoms with Gasteiger partial charge < -0.3 is 14.4 Å². The average molecular weight is 461 g/mol.